The number of carboxylic acid groups (broad SMARTS) is 1. The van der Waals surface area contributed by atoms with E-state index in [9.17, 15) is 19.5 Å². The molecule has 2 N–H and O–H groups in total. The Hall–Kier alpha value is -2.15. The minimum absolute atomic E-state index is 0.0792. The first-order chi connectivity index (χ1) is 15.6. The summed E-state index contributed by atoms with van der Waals surface area (Å²) in [7, 11) is 0. The monoisotopic (exact) mass is 459 g/mol. The molecule has 3 rings (SSSR count). The Morgan fingerprint density at radius 3 is 2.48 bits per heavy atom. The van der Waals surface area contributed by atoms with Gasteiger partial charge in [-0.2, -0.15) is 0 Å². The van der Waals surface area contributed by atoms with Crippen LogP contribution in [0.4, 0.5) is 0 Å². The summed E-state index contributed by atoms with van der Waals surface area (Å²) in [6.07, 6.45) is 8.58. The number of pyridine rings is 1. The Morgan fingerprint density at radius 2 is 1.85 bits per heavy atom. The van der Waals surface area contributed by atoms with Crippen molar-refractivity contribution in [2.75, 3.05) is 13.1 Å². The van der Waals surface area contributed by atoms with Gasteiger partial charge in [-0.1, -0.05) is 40.5 Å². The maximum atomic E-state index is 13.6. The molecular weight excluding hydrogens is 418 g/mol. The number of likely N-dealkylation sites (tertiary alicyclic amines) is 1. The molecule has 2 aliphatic rings. The van der Waals surface area contributed by atoms with E-state index in [1.54, 1.807) is 6.07 Å². The Kier molecular flexibility index (Phi) is 8.38. The summed E-state index contributed by atoms with van der Waals surface area (Å²) in [5.41, 5.74) is 1.67. The van der Waals surface area contributed by atoms with Crippen molar-refractivity contribution >= 4 is 11.9 Å². The van der Waals surface area contributed by atoms with Crippen molar-refractivity contribution in [2.45, 2.75) is 104 Å². The number of amides is 1. The van der Waals surface area contributed by atoms with Crippen LogP contribution in [0, 0.1) is 5.41 Å². The molecule has 184 valence electrons. The Labute approximate surface area is 197 Å². The Balaban J connectivity index is 1.99. The zero-order chi connectivity index (χ0) is 24.2. The van der Waals surface area contributed by atoms with Crippen molar-refractivity contribution in [3.05, 3.63) is 33.2 Å². The second-order valence-corrected chi connectivity index (χ2v) is 10.9. The highest BCUT2D eigenvalue weighted by Crippen LogP contribution is 2.24. The number of aryl methyl sites for hydroxylation is 1. The van der Waals surface area contributed by atoms with Crippen molar-refractivity contribution in [1.29, 1.82) is 0 Å². The van der Waals surface area contributed by atoms with E-state index in [1.807, 2.05) is 25.3 Å². The van der Waals surface area contributed by atoms with Crippen LogP contribution in [0.2, 0.25) is 0 Å². The van der Waals surface area contributed by atoms with Gasteiger partial charge in [0.15, 0.2) is 0 Å². The number of rotatable bonds is 7. The Bertz CT molecular complexity index is 915. The van der Waals surface area contributed by atoms with E-state index in [2.05, 4.69) is 17.1 Å². The predicted molar refractivity (Wildman–Crippen MR) is 130 cm³/mol. The molecule has 7 nitrogen and oxygen atoms in total. The number of likely N-dealkylation sites (N-methyl/N-ethyl adjacent to an activating group) is 1. The number of aliphatic carboxylic acids is 1. The fraction of sp³-hybridized carbons (Fsp3) is 0.731. The largest absolute Gasteiger partial charge is 0.480 e. The fourth-order valence-electron chi connectivity index (χ4n) is 5.37. The molecule has 1 fully saturated rings. The highest BCUT2D eigenvalue weighted by Gasteiger charge is 2.30. The maximum absolute atomic E-state index is 13.6. The number of hydrogen-bond acceptors (Lipinski definition) is 4. The molecule has 33 heavy (non-hydrogen) atoms. The first-order valence-electron chi connectivity index (χ1n) is 12.6. The van der Waals surface area contributed by atoms with Gasteiger partial charge in [0, 0.05) is 18.3 Å². The van der Waals surface area contributed by atoms with Gasteiger partial charge in [0.25, 0.3) is 11.5 Å². The van der Waals surface area contributed by atoms with E-state index in [0.717, 1.165) is 75.7 Å². The lowest BCUT2D eigenvalue weighted by molar-refractivity contribution is -0.140. The van der Waals surface area contributed by atoms with Crippen LogP contribution in [-0.2, 0) is 24.2 Å². The van der Waals surface area contributed by atoms with Crippen LogP contribution in [0.3, 0.4) is 0 Å². The minimum atomic E-state index is -1.07. The zero-order valence-corrected chi connectivity index (χ0v) is 20.8. The highest BCUT2D eigenvalue weighted by molar-refractivity contribution is 5.96. The second kappa shape index (κ2) is 10.9. The average Bonchev–Trinajstić information content (AvgIpc) is 3.16. The van der Waals surface area contributed by atoms with Crippen molar-refractivity contribution in [3.63, 3.8) is 0 Å². The molecule has 1 unspecified atom stereocenters. The third-order valence-corrected chi connectivity index (χ3v) is 7.06. The molecule has 1 aromatic rings. The number of aromatic nitrogens is 1. The standard InChI is InChI=1S/C26H41N3O4/c1-5-28-14-10-12-19(28)17-29-22-13-9-7-6-8-11-18(22)15-20(24(29)31)23(30)27-21(25(32)33)16-26(2,3)4/h15,19,21H,5-14,16-17H2,1-4H3,(H,27,30)(H,32,33)/t19?,21-/m0/s1. The maximum Gasteiger partial charge on any atom is 0.326 e. The van der Waals surface area contributed by atoms with E-state index in [1.165, 1.54) is 0 Å². The van der Waals surface area contributed by atoms with Gasteiger partial charge in [-0.25, -0.2) is 4.79 Å². The molecule has 0 saturated carbocycles. The lowest BCUT2D eigenvalue weighted by Crippen LogP contribution is -2.46. The van der Waals surface area contributed by atoms with E-state index >= 15 is 0 Å². The van der Waals surface area contributed by atoms with Crippen LogP contribution in [0.5, 0.6) is 0 Å². The normalized spacial score (nSPS) is 20.5. The minimum Gasteiger partial charge on any atom is -0.480 e. The van der Waals surface area contributed by atoms with Gasteiger partial charge in [-0.05, 0) is 75.1 Å². The molecule has 2 atom stereocenters. The smallest absolute Gasteiger partial charge is 0.326 e. The quantitative estimate of drug-likeness (QED) is 0.650. The van der Waals surface area contributed by atoms with Gasteiger partial charge < -0.3 is 15.0 Å². The first kappa shape index (κ1) is 25.5. The molecule has 1 amide bonds. The van der Waals surface area contributed by atoms with E-state index in [4.69, 9.17) is 0 Å². The van der Waals surface area contributed by atoms with Crippen LogP contribution >= 0.6 is 0 Å². The van der Waals surface area contributed by atoms with E-state index < -0.39 is 17.9 Å². The third kappa shape index (κ3) is 6.46. The molecule has 1 aromatic heterocycles. The molecule has 0 aromatic carbocycles. The van der Waals surface area contributed by atoms with Crippen molar-refractivity contribution in [3.8, 4) is 0 Å². The summed E-state index contributed by atoms with van der Waals surface area (Å²) < 4.78 is 1.85. The van der Waals surface area contributed by atoms with Gasteiger partial charge in [-0.15, -0.1) is 0 Å². The van der Waals surface area contributed by atoms with E-state index in [0.29, 0.717) is 19.0 Å². The second-order valence-electron chi connectivity index (χ2n) is 10.9. The van der Waals surface area contributed by atoms with Gasteiger partial charge in [-0.3, -0.25) is 14.5 Å². The Morgan fingerprint density at radius 1 is 1.15 bits per heavy atom. The van der Waals surface area contributed by atoms with Gasteiger partial charge in [0.1, 0.15) is 11.6 Å². The van der Waals surface area contributed by atoms with E-state index in [-0.39, 0.29) is 16.5 Å². The number of nitrogens with zero attached hydrogens (tertiary/aromatic N) is 2. The number of carboxylic acids is 1. The number of carbonyl (C=O) groups is 2. The summed E-state index contributed by atoms with van der Waals surface area (Å²) in [6.45, 7) is 10.6. The summed E-state index contributed by atoms with van der Waals surface area (Å²) in [6, 6.07) is 1.02. The van der Waals surface area contributed by atoms with Crippen molar-refractivity contribution in [1.82, 2.24) is 14.8 Å². The lowest BCUT2D eigenvalue weighted by Gasteiger charge is -2.27. The summed E-state index contributed by atoms with van der Waals surface area (Å²) in [5.74, 6) is -1.65. The van der Waals surface area contributed by atoms with Gasteiger partial charge >= 0.3 is 5.97 Å². The average molecular weight is 460 g/mol. The summed E-state index contributed by atoms with van der Waals surface area (Å²) in [5, 5.41) is 12.3. The summed E-state index contributed by atoms with van der Waals surface area (Å²) in [4.78, 5) is 41.1. The summed E-state index contributed by atoms with van der Waals surface area (Å²) >= 11 is 0. The lowest BCUT2D eigenvalue weighted by atomic mass is 9.88. The van der Waals surface area contributed by atoms with Crippen molar-refractivity contribution < 1.29 is 14.7 Å². The van der Waals surface area contributed by atoms with Gasteiger partial charge in [0.2, 0.25) is 0 Å². The van der Waals surface area contributed by atoms with Crippen LogP contribution < -0.4 is 10.9 Å². The van der Waals surface area contributed by atoms with Crippen LogP contribution in [0.25, 0.3) is 0 Å². The molecule has 2 heterocycles. The van der Waals surface area contributed by atoms with Crippen LogP contribution in [0.15, 0.2) is 10.9 Å². The van der Waals surface area contributed by atoms with Crippen molar-refractivity contribution in [2.24, 2.45) is 5.41 Å². The number of carbonyl (C=O) groups excluding carboxylic acids is 1. The third-order valence-electron chi connectivity index (χ3n) is 7.06. The molecule has 1 saturated heterocycles. The first-order valence-corrected chi connectivity index (χ1v) is 12.6. The topological polar surface area (TPSA) is 91.6 Å². The number of hydrogen-bond donors (Lipinski definition) is 2. The molecule has 1 aliphatic heterocycles. The fourth-order valence-corrected chi connectivity index (χ4v) is 5.37. The highest BCUT2D eigenvalue weighted by atomic mass is 16.4. The molecule has 0 bridgehead atoms. The number of fused-ring (bicyclic) bond motifs is 1. The molecule has 0 spiro atoms. The SMILES string of the molecule is CCN1CCCC1Cn1c2c(cc(C(=O)N[C@@H](CC(C)(C)C)C(=O)O)c1=O)CCCCCC2. The molecule has 0 radical (unpaired) electrons. The predicted octanol–water partition coefficient (Wildman–Crippen LogP) is 3.61. The number of nitrogens with one attached hydrogen (secondary N) is 1. The zero-order valence-electron chi connectivity index (χ0n) is 20.8. The van der Waals surface area contributed by atoms with Gasteiger partial charge in [0.05, 0.1) is 0 Å². The molecule has 7 heteroatoms. The van der Waals surface area contributed by atoms with Crippen LogP contribution in [0.1, 0.15) is 94.3 Å². The molecule has 1 aliphatic carbocycles. The molecular formula is C26H41N3O4. The van der Waals surface area contributed by atoms with Crippen LogP contribution in [-0.4, -0.2) is 51.6 Å².